The lowest BCUT2D eigenvalue weighted by Crippen LogP contribution is -2.29. The van der Waals surface area contributed by atoms with Gasteiger partial charge in [0.2, 0.25) is 0 Å². The fraction of sp³-hybridized carbons (Fsp3) is 0.721. The molecule has 0 aromatic heterocycles. The fourth-order valence-corrected chi connectivity index (χ4v) is 6.34. The molecule has 4 atom stereocenters. The van der Waals surface area contributed by atoms with Crippen molar-refractivity contribution in [3.63, 3.8) is 0 Å². The van der Waals surface area contributed by atoms with Crippen LogP contribution >= 0.6 is 7.82 Å². The molecule has 0 saturated carbocycles. The second-order valence-corrected chi connectivity index (χ2v) is 15.3. The Hall–Kier alpha value is -2.33. The van der Waals surface area contributed by atoms with E-state index in [0.717, 1.165) is 64.2 Å². The minimum absolute atomic E-state index is 0.0377. The number of allylic oxidation sites excluding steroid dienone is 9. The van der Waals surface area contributed by atoms with Gasteiger partial charge >= 0.3 is 19.8 Å². The summed E-state index contributed by atoms with van der Waals surface area (Å²) in [5.41, 5.74) is 5.34. The zero-order valence-electron chi connectivity index (χ0n) is 33.6. The highest BCUT2D eigenvalue weighted by atomic mass is 31.2. The van der Waals surface area contributed by atoms with Crippen LogP contribution < -0.4 is 5.73 Å². The van der Waals surface area contributed by atoms with Crippen LogP contribution in [-0.4, -0.2) is 61.5 Å². The topological polar surface area (TPSA) is 147 Å². The number of carbonyl (C=O) groups is 2. The van der Waals surface area contributed by atoms with E-state index in [4.69, 9.17) is 29.0 Å². The lowest BCUT2D eigenvalue weighted by molar-refractivity contribution is -0.161. The van der Waals surface area contributed by atoms with Gasteiger partial charge in [-0.25, -0.2) is 4.57 Å². The third-order valence-electron chi connectivity index (χ3n) is 8.80. The van der Waals surface area contributed by atoms with Gasteiger partial charge < -0.3 is 24.8 Å². The van der Waals surface area contributed by atoms with Crippen molar-refractivity contribution in [2.24, 2.45) is 5.73 Å². The number of rotatable bonds is 37. The number of unbranched alkanes of at least 4 members (excludes halogenated alkanes) is 11. The van der Waals surface area contributed by atoms with Gasteiger partial charge in [0.05, 0.1) is 25.4 Å². The molecule has 1 saturated heterocycles. The Labute approximate surface area is 327 Å². The molecule has 0 aromatic rings. The smallest absolute Gasteiger partial charge is 0.462 e. The summed E-state index contributed by atoms with van der Waals surface area (Å²) < 4.78 is 38.5. The Morgan fingerprint density at radius 3 is 1.81 bits per heavy atom. The molecule has 0 aliphatic carbocycles. The molecule has 1 fully saturated rings. The molecule has 1 heterocycles. The molecular formula is C43H74NO9P. The van der Waals surface area contributed by atoms with E-state index >= 15 is 0 Å². The second kappa shape index (κ2) is 35.1. The largest absolute Gasteiger partial charge is 0.472 e. The minimum Gasteiger partial charge on any atom is -0.462 e. The molecule has 3 N–H and O–H groups in total. The summed E-state index contributed by atoms with van der Waals surface area (Å²) in [6, 6.07) is 0. The normalized spacial score (nSPS) is 17.7. The van der Waals surface area contributed by atoms with E-state index in [0.29, 0.717) is 12.8 Å². The van der Waals surface area contributed by atoms with Crippen LogP contribution in [0.3, 0.4) is 0 Å². The molecule has 10 nitrogen and oxygen atoms in total. The summed E-state index contributed by atoms with van der Waals surface area (Å²) in [5, 5.41) is 0. The number of hydrogen-bond acceptors (Lipinski definition) is 9. The zero-order valence-corrected chi connectivity index (χ0v) is 34.5. The number of ether oxygens (including phenoxy) is 3. The first kappa shape index (κ1) is 49.7. The minimum atomic E-state index is -4.40. The molecule has 0 radical (unpaired) electrons. The SMILES string of the molecule is CCCCC/C=C\C/C=C\C/C=C\CC1OC1CCCC(=O)OC[C@H](COP(=O)(O)OCCN)OC(=O)CCCCCCC/C=C\C/C=C\CCCCC. The zero-order chi connectivity index (χ0) is 39.4. The van der Waals surface area contributed by atoms with Gasteiger partial charge in [0.15, 0.2) is 6.10 Å². The first-order valence-electron chi connectivity index (χ1n) is 20.9. The predicted octanol–water partition coefficient (Wildman–Crippen LogP) is 10.7. The number of phosphoric ester groups is 1. The summed E-state index contributed by atoms with van der Waals surface area (Å²) in [6.07, 6.45) is 42.7. The van der Waals surface area contributed by atoms with Crippen LogP contribution in [0.1, 0.15) is 155 Å². The molecule has 310 valence electrons. The monoisotopic (exact) mass is 780 g/mol. The summed E-state index contributed by atoms with van der Waals surface area (Å²) in [6.45, 7) is 3.55. The van der Waals surface area contributed by atoms with Gasteiger partial charge in [-0.05, 0) is 83.5 Å². The highest BCUT2D eigenvalue weighted by Crippen LogP contribution is 2.43. The van der Waals surface area contributed by atoms with Gasteiger partial charge in [-0.1, -0.05) is 120 Å². The van der Waals surface area contributed by atoms with Gasteiger partial charge in [-0.2, -0.15) is 0 Å². The lowest BCUT2D eigenvalue weighted by Gasteiger charge is -2.19. The van der Waals surface area contributed by atoms with E-state index in [1.54, 1.807) is 0 Å². The van der Waals surface area contributed by atoms with Gasteiger partial charge in [-0.3, -0.25) is 18.6 Å². The van der Waals surface area contributed by atoms with Crippen molar-refractivity contribution in [1.29, 1.82) is 0 Å². The van der Waals surface area contributed by atoms with Gasteiger partial charge in [0.25, 0.3) is 0 Å². The van der Waals surface area contributed by atoms with E-state index in [1.807, 2.05) is 0 Å². The van der Waals surface area contributed by atoms with Crippen molar-refractivity contribution < 1.29 is 42.3 Å². The third kappa shape index (κ3) is 32.0. The van der Waals surface area contributed by atoms with Crippen LogP contribution in [0.15, 0.2) is 60.8 Å². The maximum absolute atomic E-state index is 12.6. The van der Waals surface area contributed by atoms with Crippen molar-refractivity contribution in [2.45, 2.75) is 173 Å². The Kier molecular flexibility index (Phi) is 32.3. The highest BCUT2D eigenvalue weighted by molar-refractivity contribution is 7.47. The van der Waals surface area contributed by atoms with Crippen LogP contribution in [0.25, 0.3) is 0 Å². The molecule has 0 aromatic carbocycles. The standard InChI is InChI=1S/C43H74NO9P/c1-3-5-7-9-11-13-15-17-18-19-21-23-25-27-29-33-43(46)52-39(38-51-54(47,48)50-36-35-44)37-49-42(45)34-30-32-41-40(53-41)31-28-26-24-22-20-16-14-12-10-8-6-4-2/h11-14,17-18,20,22,26,28,39-41H,3-10,15-16,19,21,23-25,27,29-38,44H2,1-2H3,(H,47,48)/b13-11-,14-12-,18-17-,22-20-,28-26-/t39-,40?,41?/m1/s1. The van der Waals surface area contributed by atoms with Crippen molar-refractivity contribution in [1.82, 2.24) is 0 Å². The molecule has 11 heteroatoms. The van der Waals surface area contributed by atoms with E-state index in [9.17, 15) is 19.0 Å². The maximum atomic E-state index is 12.6. The number of phosphoric acid groups is 1. The first-order chi connectivity index (χ1) is 26.3. The molecule has 0 spiro atoms. The van der Waals surface area contributed by atoms with Gasteiger partial charge in [0, 0.05) is 19.4 Å². The highest BCUT2D eigenvalue weighted by Gasteiger charge is 2.36. The molecular weight excluding hydrogens is 705 g/mol. The number of hydrogen-bond donors (Lipinski definition) is 2. The Balaban J connectivity index is 2.27. The van der Waals surface area contributed by atoms with E-state index < -0.39 is 32.5 Å². The van der Waals surface area contributed by atoms with Crippen LogP contribution in [0.2, 0.25) is 0 Å². The summed E-state index contributed by atoms with van der Waals surface area (Å²) in [4.78, 5) is 34.9. The molecule has 1 aliphatic rings. The summed E-state index contributed by atoms with van der Waals surface area (Å²) in [5.74, 6) is -0.927. The number of esters is 2. The van der Waals surface area contributed by atoms with Crippen molar-refractivity contribution in [2.75, 3.05) is 26.4 Å². The molecule has 54 heavy (non-hydrogen) atoms. The number of epoxide rings is 1. The van der Waals surface area contributed by atoms with Crippen LogP contribution in [0.5, 0.6) is 0 Å². The first-order valence-corrected chi connectivity index (χ1v) is 22.4. The van der Waals surface area contributed by atoms with Crippen molar-refractivity contribution >= 4 is 19.8 Å². The average Bonchev–Trinajstić information content (AvgIpc) is 3.91. The summed E-state index contributed by atoms with van der Waals surface area (Å²) in [7, 11) is -4.40. The van der Waals surface area contributed by atoms with Gasteiger partial charge in [0.1, 0.15) is 6.61 Å². The third-order valence-corrected chi connectivity index (χ3v) is 9.78. The second-order valence-electron chi connectivity index (χ2n) is 13.9. The van der Waals surface area contributed by atoms with E-state index in [1.165, 1.54) is 51.4 Å². The van der Waals surface area contributed by atoms with Crippen LogP contribution in [-0.2, 0) is 37.4 Å². The average molecular weight is 780 g/mol. The Morgan fingerprint density at radius 1 is 0.667 bits per heavy atom. The van der Waals surface area contributed by atoms with E-state index in [2.05, 4.69) is 74.6 Å². The van der Waals surface area contributed by atoms with E-state index in [-0.39, 0.29) is 44.8 Å². The lowest BCUT2D eigenvalue weighted by atomic mass is 10.1. The molecule has 1 rings (SSSR count). The Bertz CT molecular complexity index is 1140. The molecule has 0 bridgehead atoms. The van der Waals surface area contributed by atoms with Gasteiger partial charge in [-0.15, -0.1) is 0 Å². The molecule has 3 unspecified atom stereocenters. The summed E-state index contributed by atoms with van der Waals surface area (Å²) >= 11 is 0. The quantitative estimate of drug-likeness (QED) is 0.0205. The van der Waals surface area contributed by atoms with Crippen molar-refractivity contribution in [3.05, 3.63) is 60.8 Å². The van der Waals surface area contributed by atoms with Crippen LogP contribution in [0.4, 0.5) is 0 Å². The number of nitrogens with two attached hydrogens (primary N) is 1. The predicted molar refractivity (Wildman–Crippen MR) is 219 cm³/mol. The molecule has 0 amide bonds. The van der Waals surface area contributed by atoms with Crippen molar-refractivity contribution in [3.8, 4) is 0 Å². The van der Waals surface area contributed by atoms with Crippen LogP contribution in [0, 0.1) is 0 Å². The molecule has 1 aliphatic heterocycles. The Morgan fingerprint density at radius 2 is 1.20 bits per heavy atom. The maximum Gasteiger partial charge on any atom is 0.472 e. The fourth-order valence-electron chi connectivity index (χ4n) is 5.57. The number of carbonyl (C=O) groups excluding carboxylic acids is 2.